The number of carbonyl (C=O) groups is 1. The van der Waals surface area contributed by atoms with E-state index in [1.54, 1.807) is 4.90 Å². The van der Waals surface area contributed by atoms with E-state index in [0.29, 0.717) is 6.54 Å². The van der Waals surface area contributed by atoms with Gasteiger partial charge >= 0.3 is 6.03 Å². The van der Waals surface area contributed by atoms with E-state index >= 15 is 0 Å². The van der Waals surface area contributed by atoms with Gasteiger partial charge < -0.3 is 14.7 Å². The number of aromatic nitrogens is 2. The van der Waals surface area contributed by atoms with Gasteiger partial charge in [-0.25, -0.2) is 4.79 Å². The van der Waals surface area contributed by atoms with Gasteiger partial charge in [0.15, 0.2) is 0 Å². The van der Waals surface area contributed by atoms with E-state index in [2.05, 4.69) is 47.7 Å². The van der Waals surface area contributed by atoms with Crippen LogP contribution in [0, 0.1) is 0 Å². The molecule has 0 unspecified atom stereocenters. The Kier molecular flexibility index (Phi) is 4.46. The zero-order chi connectivity index (χ0) is 16.6. The molecule has 7 nitrogen and oxygen atoms in total. The Morgan fingerprint density at radius 3 is 2.22 bits per heavy atom. The third kappa shape index (κ3) is 3.28. The predicted molar refractivity (Wildman–Crippen MR) is 93.4 cm³/mol. The Labute approximate surface area is 141 Å². The minimum absolute atomic E-state index is 0.0380. The third-order valence-corrected chi connectivity index (χ3v) is 5.55. The second kappa shape index (κ2) is 6.24. The molecular formula is C15H26N6OS. The molecular weight excluding hydrogens is 312 g/mol. The summed E-state index contributed by atoms with van der Waals surface area (Å²) in [5.74, 6) is 0. The maximum absolute atomic E-state index is 12.6. The Morgan fingerprint density at radius 2 is 1.65 bits per heavy atom. The fourth-order valence-corrected chi connectivity index (χ4v) is 3.95. The maximum Gasteiger partial charge on any atom is 0.326 e. The number of anilines is 2. The van der Waals surface area contributed by atoms with E-state index in [1.807, 2.05) is 4.90 Å². The Balaban J connectivity index is 1.67. The highest BCUT2D eigenvalue weighted by molar-refractivity contribution is 7.19. The van der Waals surface area contributed by atoms with Crippen LogP contribution < -0.4 is 9.80 Å². The number of piperazine rings is 1. The van der Waals surface area contributed by atoms with E-state index in [9.17, 15) is 4.79 Å². The molecule has 1 aromatic heterocycles. The molecule has 0 atom stereocenters. The second-order valence-electron chi connectivity index (χ2n) is 7.05. The van der Waals surface area contributed by atoms with E-state index in [4.69, 9.17) is 0 Å². The van der Waals surface area contributed by atoms with Crippen LogP contribution in [-0.4, -0.2) is 77.4 Å². The number of amides is 2. The minimum Gasteiger partial charge on any atom is -0.344 e. The van der Waals surface area contributed by atoms with Gasteiger partial charge in [0.25, 0.3) is 0 Å². The zero-order valence-electron chi connectivity index (χ0n) is 14.4. The Bertz CT molecular complexity index is 561. The lowest BCUT2D eigenvalue weighted by Crippen LogP contribution is -2.46. The molecule has 0 aliphatic carbocycles. The molecule has 2 fully saturated rings. The largest absolute Gasteiger partial charge is 0.344 e. The summed E-state index contributed by atoms with van der Waals surface area (Å²) in [5.41, 5.74) is -0.157. The van der Waals surface area contributed by atoms with Crippen molar-refractivity contribution >= 4 is 27.6 Å². The summed E-state index contributed by atoms with van der Waals surface area (Å²) in [6, 6.07) is 0.0380. The fraction of sp³-hybridized carbons (Fsp3) is 0.800. The van der Waals surface area contributed by atoms with E-state index < -0.39 is 0 Å². The van der Waals surface area contributed by atoms with Crippen LogP contribution in [0.5, 0.6) is 0 Å². The smallest absolute Gasteiger partial charge is 0.326 e. The summed E-state index contributed by atoms with van der Waals surface area (Å²) < 4.78 is 0. The summed E-state index contributed by atoms with van der Waals surface area (Å²) in [4.78, 5) is 21.0. The van der Waals surface area contributed by atoms with Crippen molar-refractivity contribution in [1.82, 2.24) is 20.0 Å². The van der Waals surface area contributed by atoms with Crippen molar-refractivity contribution in [1.29, 1.82) is 0 Å². The quantitative estimate of drug-likeness (QED) is 0.840. The summed E-state index contributed by atoms with van der Waals surface area (Å²) in [5, 5.41) is 10.2. The molecule has 2 amide bonds. The number of carbonyl (C=O) groups excluding carboxylic acids is 1. The van der Waals surface area contributed by atoms with E-state index in [1.165, 1.54) is 11.3 Å². The number of rotatable bonds is 3. The molecule has 0 spiro atoms. The standard InChI is InChI=1S/C15H26N6OS/c1-5-18-6-8-19(9-7-18)12-16-17-13(23-12)20-10-11-21(14(20)22)15(2,3)4/h5-11H2,1-4H3. The molecule has 0 N–H and O–H groups in total. The zero-order valence-corrected chi connectivity index (χ0v) is 15.3. The first-order valence-electron chi connectivity index (χ1n) is 8.30. The molecule has 2 aliphatic rings. The monoisotopic (exact) mass is 338 g/mol. The summed E-state index contributed by atoms with van der Waals surface area (Å²) in [6.45, 7) is 15.0. The first-order valence-corrected chi connectivity index (χ1v) is 9.11. The molecule has 2 aliphatic heterocycles. The number of hydrogen-bond acceptors (Lipinski definition) is 6. The topological polar surface area (TPSA) is 55.8 Å². The van der Waals surface area contributed by atoms with Crippen molar-refractivity contribution in [3.05, 3.63) is 0 Å². The van der Waals surface area contributed by atoms with Gasteiger partial charge in [0.1, 0.15) is 0 Å². The van der Waals surface area contributed by atoms with Gasteiger partial charge in [-0.1, -0.05) is 18.3 Å². The SMILES string of the molecule is CCN1CCN(c2nnc(N3CCN(C(C)(C)C)C3=O)s2)CC1. The number of hydrogen-bond donors (Lipinski definition) is 0. The summed E-state index contributed by atoms with van der Waals surface area (Å²) >= 11 is 1.53. The lowest BCUT2D eigenvalue weighted by atomic mass is 10.1. The fourth-order valence-electron chi connectivity index (χ4n) is 3.04. The average Bonchev–Trinajstić information content (AvgIpc) is 3.13. The van der Waals surface area contributed by atoms with Crippen LogP contribution in [0.25, 0.3) is 0 Å². The van der Waals surface area contributed by atoms with Gasteiger partial charge in [0, 0.05) is 44.8 Å². The van der Waals surface area contributed by atoms with Crippen molar-refractivity contribution in [2.45, 2.75) is 33.2 Å². The van der Waals surface area contributed by atoms with Gasteiger partial charge in [-0.05, 0) is 27.3 Å². The predicted octanol–water partition coefficient (Wildman–Crippen LogP) is 1.72. The highest BCUT2D eigenvalue weighted by Gasteiger charge is 2.38. The Morgan fingerprint density at radius 1 is 1.00 bits per heavy atom. The molecule has 1 aromatic rings. The molecule has 0 bridgehead atoms. The minimum atomic E-state index is -0.157. The molecule has 23 heavy (non-hydrogen) atoms. The second-order valence-corrected chi connectivity index (χ2v) is 7.98. The van der Waals surface area contributed by atoms with Crippen LogP contribution in [0.2, 0.25) is 0 Å². The van der Waals surface area contributed by atoms with Crippen LogP contribution in [0.3, 0.4) is 0 Å². The average molecular weight is 338 g/mol. The highest BCUT2D eigenvalue weighted by Crippen LogP contribution is 2.31. The number of urea groups is 1. The Hall–Kier alpha value is -1.41. The molecule has 0 saturated carbocycles. The van der Waals surface area contributed by atoms with Crippen molar-refractivity contribution in [2.24, 2.45) is 0 Å². The van der Waals surface area contributed by atoms with Crippen LogP contribution in [-0.2, 0) is 0 Å². The van der Waals surface area contributed by atoms with Crippen molar-refractivity contribution in [2.75, 3.05) is 55.6 Å². The molecule has 3 rings (SSSR count). The maximum atomic E-state index is 12.6. The van der Waals surface area contributed by atoms with Crippen LogP contribution in [0.15, 0.2) is 0 Å². The summed E-state index contributed by atoms with van der Waals surface area (Å²) in [7, 11) is 0. The lowest BCUT2D eigenvalue weighted by Gasteiger charge is -2.33. The third-order valence-electron chi connectivity index (χ3n) is 4.54. The van der Waals surface area contributed by atoms with Gasteiger partial charge in [0.2, 0.25) is 10.3 Å². The first-order chi connectivity index (χ1) is 10.9. The van der Waals surface area contributed by atoms with Crippen LogP contribution in [0.4, 0.5) is 15.1 Å². The summed E-state index contributed by atoms with van der Waals surface area (Å²) in [6.07, 6.45) is 0. The molecule has 3 heterocycles. The molecule has 2 saturated heterocycles. The van der Waals surface area contributed by atoms with E-state index in [-0.39, 0.29) is 11.6 Å². The number of nitrogens with zero attached hydrogens (tertiary/aromatic N) is 6. The van der Waals surface area contributed by atoms with Crippen LogP contribution in [0.1, 0.15) is 27.7 Å². The normalized spacial score (nSPS) is 20.7. The molecule has 128 valence electrons. The van der Waals surface area contributed by atoms with Crippen molar-refractivity contribution in [3.8, 4) is 0 Å². The van der Waals surface area contributed by atoms with Crippen LogP contribution >= 0.6 is 11.3 Å². The van der Waals surface area contributed by atoms with Crippen molar-refractivity contribution < 1.29 is 4.79 Å². The number of likely N-dealkylation sites (N-methyl/N-ethyl adjacent to an activating group) is 1. The molecule has 0 radical (unpaired) electrons. The lowest BCUT2D eigenvalue weighted by molar-refractivity contribution is 0.173. The van der Waals surface area contributed by atoms with Crippen molar-refractivity contribution in [3.63, 3.8) is 0 Å². The van der Waals surface area contributed by atoms with Gasteiger partial charge in [0.05, 0.1) is 0 Å². The van der Waals surface area contributed by atoms with Gasteiger partial charge in [-0.3, -0.25) is 4.90 Å². The highest BCUT2D eigenvalue weighted by atomic mass is 32.1. The van der Waals surface area contributed by atoms with E-state index in [0.717, 1.165) is 49.5 Å². The molecule has 8 heteroatoms. The van der Waals surface area contributed by atoms with Gasteiger partial charge in [-0.15, -0.1) is 10.2 Å². The van der Waals surface area contributed by atoms with Gasteiger partial charge in [-0.2, -0.15) is 0 Å². The first kappa shape index (κ1) is 16.4. The molecule has 0 aromatic carbocycles.